The molecule has 1 aromatic heterocycles. The number of hydrogen-bond acceptors (Lipinski definition) is 7. The summed E-state index contributed by atoms with van der Waals surface area (Å²) in [6, 6.07) is 20.6. The van der Waals surface area contributed by atoms with Gasteiger partial charge >= 0.3 is 0 Å². The third-order valence-electron chi connectivity index (χ3n) is 4.84. The molecule has 0 saturated carbocycles. The summed E-state index contributed by atoms with van der Waals surface area (Å²) in [6.45, 7) is 2.09. The summed E-state index contributed by atoms with van der Waals surface area (Å²) >= 11 is 1.13. The number of primary amides is 1. The molecule has 9 heteroatoms. The SMILES string of the molecule is C[C@H](O)CNc1ccc(C(=O)Nc2sc(Nc3ccc4ccccc4c3)nc2C(N)=O)cc1. The maximum atomic E-state index is 12.7. The first-order valence-electron chi connectivity index (χ1n) is 10.3. The molecule has 0 radical (unpaired) electrons. The summed E-state index contributed by atoms with van der Waals surface area (Å²) in [4.78, 5) is 28.9. The Morgan fingerprint density at radius 2 is 1.73 bits per heavy atom. The largest absolute Gasteiger partial charge is 0.392 e. The molecule has 0 saturated heterocycles. The number of carbonyl (C=O) groups excluding carboxylic acids is 2. The van der Waals surface area contributed by atoms with E-state index >= 15 is 0 Å². The summed E-state index contributed by atoms with van der Waals surface area (Å²) in [5.74, 6) is -1.12. The van der Waals surface area contributed by atoms with E-state index in [1.807, 2.05) is 42.5 Å². The Kier molecular flexibility index (Phi) is 6.53. The quantitative estimate of drug-likeness (QED) is 0.268. The summed E-state index contributed by atoms with van der Waals surface area (Å²) in [5, 5.41) is 21.2. The van der Waals surface area contributed by atoms with Crippen LogP contribution in [-0.2, 0) is 0 Å². The first-order chi connectivity index (χ1) is 15.9. The van der Waals surface area contributed by atoms with E-state index in [9.17, 15) is 14.7 Å². The van der Waals surface area contributed by atoms with Gasteiger partial charge in [0.15, 0.2) is 10.8 Å². The fraction of sp³-hybridized carbons (Fsp3) is 0.125. The Morgan fingerprint density at radius 3 is 2.42 bits per heavy atom. The van der Waals surface area contributed by atoms with Gasteiger partial charge in [0.1, 0.15) is 5.00 Å². The van der Waals surface area contributed by atoms with Crippen LogP contribution in [0.3, 0.4) is 0 Å². The van der Waals surface area contributed by atoms with Crippen molar-refractivity contribution in [3.05, 3.63) is 78.0 Å². The first kappa shape index (κ1) is 22.3. The molecule has 0 fully saturated rings. The van der Waals surface area contributed by atoms with Crippen molar-refractivity contribution < 1.29 is 14.7 Å². The molecule has 4 aromatic rings. The number of nitrogens with zero attached hydrogens (tertiary/aromatic N) is 1. The van der Waals surface area contributed by atoms with Gasteiger partial charge < -0.3 is 26.8 Å². The lowest BCUT2D eigenvalue weighted by molar-refractivity contribution is 0.0997. The summed E-state index contributed by atoms with van der Waals surface area (Å²) in [5.41, 5.74) is 7.47. The van der Waals surface area contributed by atoms with E-state index in [1.54, 1.807) is 31.2 Å². The van der Waals surface area contributed by atoms with E-state index in [0.717, 1.165) is 33.5 Å². The Bertz CT molecular complexity index is 1300. The van der Waals surface area contributed by atoms with Crippen LogP contribution < -0.4 is 21.7 Å². The van der Waals surface area contributed by atoms with Crippen LogP contribution in [0.25, 0.3) is 10.8 Å². The van der Waals surface area contributed by atoms with Crippen LogP contribution in [0.4, 0.5) is 21.5 Å². The monoisotopic (exact) mass is 461 g/mol. The van der Waals surface area contributed by atoms with Crippen molar-refractivity contribution in [1.29, 1.82) is 0 Å². The Morgan fingerprint density at radius 1 is 1.03 bits per heavy atom. The summed E-state index contributed by atoms with van der Waals surface area (Å²) in [6.07, 6.45) is -0.482. The standard InChI is InChI=1S/C24H23N5O3S/c1-14(30)13-26-18-9-7-16(8-10-18)22(32)29-23-20(21(25)31)28-24(33-23)27-19-11-6-15-4-2-3-5-17(15)12-19/h2-12,14,26,30H,13H2,1H3,(H2,25,31)(H,27,28)(H,29,32)/t14-/m0/s1. The van der Waals surface area contributed by atoms with Crippen molar-refractivity contribution in [2.24, 2.45) is 5.73 Å². The number of hydrogen-bond donors (Lipinski definition) is 5. The second kappa shape index (κ2) is 9.68. The van der Waals surface area contributed by atoms with Gasteiger partial charge in [-0.1, -0.05) is 41.7 Å². The van der Waals surface area contributed by atoms with Crippen molar-refractivity contribution in [2.75, 3.05) is 22.5 Å². The predicted molar refractivity (Wildman–Crippen MR) is 132 cm³/mol. The zero-order chi connectivity index (χ0) is 23.4. The molecule has 3 aromatic carbocycles. The van der Waals surface area contributed by atoms with Crippen molar-refractivity contribution in [3.8, 4) is 0 Å². The van der Waals surface area contributed by atoms with E-state index in [2.05, 4.69) is 20.9 Å². The molecule has 1 atom stereocenters. The van der Waals surface area contributed by atoms with E-state index in [1.165, 1.54) is 0 Å². The molecule has 168 valence electrons. The summed E-state index contributed by atoms with van der Waals surface area (Å²) in [7, 11) is 0. The molecular formula is C24H23N5O3S. The minimum absolute atomic E-state index is 0.00754. The highest BCUT2D eigenvalue weighted by atomic mass is 32.1. The highest BCUT2D eigenvalue weighted by Gasteiger charge is 2.19. The van der Waals surface area contributed by atoms with Gasteiger partial charge in [0.2, 0.25) is 0 Å². The van der Waals surface area contributed by atoms with Gasteiger partial charge in [0.05, 0.1) is 6.10 Å². The number of amides is 2. The first-order valence-corrected chi connectivity index (χ1v) is 11.1. The average molecular weight is 462 g/mol. The normalized spacial score (nSPS) is 11.7. The number of benzene rings is 3. The van der Waals surface area contributed by atoms with Gasteiger partial charge in [-0.25, -0.2) is 4.98 Å². The van der Waals surface area contributed by atoms with Crippen LogP contribution in [-0.4, -0.2) is 34.6 Å². The Balaban J connectivity index is 1.50. The van der Waals surface area contributed by atoms with Crippen LogP contribution in [0, 0.1) is 0 Å². The molecule has 4 rings (SSSR count). The Hall–Kier alpha value is -3.95. The number of aromatic nitrogens is 1. The number of aliphatic hydroxyl groups excluding tert-OH is 1. The van der Waals surface area contributed by atoms with Crippen molar-refractivity contribution in [2.45, 2.75) is 13.0 Å². The highest BCUT2D eigenvalue weighted by Crippen LogP contribution is 2.32. The van der Waals surface area contributed by atoms with Crippen molar-refractivity contribution in [1.82, 2.24) is 4.98 Å². The maximum absolute atomic E-state index is 12.7. The molecule has 8 nitrogen and oxygen atoms in total. The molecule has 0 aliphatic carbocycles. The molecular weight excluding hydrogens is 438 g/mol. The fourth-order valence-electron chi connectivity index (χ4n) is 3.20. The number of nitrogens with two attached hydrogens (primary N) is 1. The van der Waals surface area contributed by atoms with Crippen molar-refractivity contribution >= 4 is 55.4 Å². The number of nitrogens with one attached hydrogen (secondary N) is 3. The smallest absolute Gasteiger partial charge is 0.270 e. The van der Waals surface area contributed by atoms with E-state index in [4.69, 9.17) is 5.73 Å². The number of aliphatic hydroxyl groups is 1. The Labute approximate surface area is 194 Å². The zero-order valence-electron chi connectivity index (χ0n) is 17.8. The van der Waals surface area contributed by atoms with Gasteiger partial charge in [-0.3, -0.25) is 9.59 Å². The minimum Gasteiger partial charge on any atom is -0.392 e. The lowest BCUT2D eigenvalue weighted by Gasteiger charge is -2.09. The van der Waals surface area contributed by atoms with E-state index < -0.39 is 12.0 Å². The van der Waals surface area contributed by atoms with Gasteiger partial charge in [-0.15, -0.1) is 0 Å². The third-order valence-corrected chi connectivity index (χ3v) is 5.72. The lowest BCUT2D eigenvalue weighted by atomic mass is 10.1. The molecule has 0 unspecified atom stereocenters. The number of thiazole rings is 1. The number of fused-ring (bicyclic) bond motifs is 1. The molecule has 33 heavy (non-hydrogen) atoms. The molecule has 1 heterocycles. The molecule has 0 aliphatic heterocycles. The minimum atomic E-state index is -0.731. The molecule has 0 bridgehead atoms. The second-order valence-corrected chi connectivity index (χ2v) is 8.51. The van der Waals surface area contributed by atoms with Gasteiger partial charge in [-0.05, 0) is 54.1 Å². The maximum Gasteiger partial charge on any atom is 0.270 e. The third kappa shape index (κ3) is 5.46. The fourth-order valence-corrected chi connectivity index (χ4v) is 4.08. The van der Waals surface area contributed by atoms with Crippen molar-refractivity contribution in [3.63, 3.8) is 0 Å². The lowest BCUT2D eigenvalue weighted by Crippen LogP contribution is -2.18. The van der Waals surface area contributed by atoms with Crippen LogP contribution in [0.15, 0.2) is 66.7 Å². The molecule has 2 amide bonds. The van der Waals surface area contributed by atoms with E-state index in [0.29, 0.717) is 17.2 Å². The average Bonchev–Trinajstić information content (AvgIpc) is 3.20. The summed E-state index contributed by atoms with van der Waals surface area (Å²) < 4.78 is 0. The van der Waals surface area contributed by atoms with Crippen LogP contribution in [0.2, 0.25) is 0 Å². The molecule has 6 N–H and O–H groups in total. The second-order valence-electron chi connectivity index (χ2n) is 7.51. The number of rotatable bonds is 8. The van der Waals surface area contributed by atoms with Gasteiger partial charge in [0.25, 0.3) is 11.8 Å². The van der Waals surface area contributed by atoms with Crippen LogP contribution in [0.1, 0.15) is 27.8 Å². The van der Waals surface area contributed by atoms with Crippen LogP contribution in [0.5, 0.6) is 0 Å². The molecule has 0 spiro atoms. The number of anilines is 4. The predicted octanol–water partition coefficient (Wildman–Crippen LogP) is 4.18. The van der Waals surface area contributed by atoms with E-state index in [-0.39, 0.29) is 16.6 Å². The highest BCUT2D eigenvalue weighted by molar-refractivity contribution is 7.20. The topological polar surface area (TPSA) is 129 Å². The van der Waals surface area contributed by atoms with Gasteiger partial charge in [-0.2, -0.15) is 0 Å². The number of carbonyl (C=O) groups is 2. The van der Waals surface area contributed by atoms with Crippen LogP contribution >= 0.6 is 11.3 Å². The zero-order valence-corrected chi connectivity index (χ0v) is 18.6. The molecule has 0 aliphatic rings. The van der Waals surface area contributed by atoms with Gasteiger partial charge in [0, 0.05) is 23.5 Å².